The minimum atomic E-state index is 0.507. The van der Waals surface area contributed by atoms with E-state index in [0.29, 0.717) is 11.5 Å². The molecule has 0 saturated heterocycles. The van der Waals surface area contributed by atoms with E-state index in [-0.39, 0.29) is 0 Å². The highest BCUT2D eigenvalue weighted by Gasteiger charge is 2.09. The fourth-order valence-corrected chi connectivity index (χ4v) is 2.54. The minimum Gasteiger partial charge on any atom is -0.241 e. The molecule has 0 amide bonds. The summed E-state index contributed by atoms with van der Waals surface area (Å²) in [5.74, 6) is 0.507. The summed E-state index contributed by atoms with van der Waals surface area (Å²) in [5.41, 5.74) is 2.68. The Balaban J connectivity index is 2.34. The van der Waals surface area contributed by atoms with Gasteiger partial charge in [-0.05, 0) is 18.6 Å². The molecule has 86 valence electrons. The molecule has 2 nitrogen and oxygen atoms in total. The van der Waals surface area contributed by atoms with Gasteiger partial charge in [-0.1, -0.05) is 26.0 Å². The van der Waals surface area contributed by atoms with Crippen LogP contribution in [0.15, 0.2) is 29.6 Å². The summed E-state index contributed by atoms with van der Waals surface area (Å²) in [4.78, 5) is 4.64. The number of nitriles is 1. The molecule has 0 fully saturated rings. The predicted octanol–water partition coefficient (Wildman–Crippen LogP) is 4.20. The van der Waals surface area contributed by atoms with Gasteiger partial charge < -0.3 is 0 Å². The Bertz CT molecular complexity index is 551. The Hall–Kier alpha value is -1.66. The van der Waals surface area contributed by atoms with Crippen molar-refractivity contribution in [3.63, 3.8) is 0 Å². The van der Waals surface area contributed by atoms with E-state index in [9.17, 15) is 0 Å². The zero-order valence-corrected chi connectivity index (χ0v) is 10.8. The Labute approximate surface area is 106 Å². The van der Waals surface area contributed by atoms with Crippen LogP contribution in [0.2, 0.25) is 0 Å². The van der Waals surface area contributed by atoms with Gasteiger partial charge in [-0.3, -0.25) is 0 Å². The van der Waals surface area contributed by atoms with Gasteiger partial charge in [0, 0.05) is 16.9 Å². The predicted molar refractivity (Wildman–Crippen MR) is 71.0 cm³/mol. The largest absolute Gasteiger partial charge is 0.241 e. The van der Waals surface area contributed by atoms with Crippen molar-refractivity contribution in [2.24, 2.45) is 0 Å². The molecule has 3 heteroatoms. The molecule has 2 aromatic rings. The first kappa shape index (κ1) is 11.8. The van der Waals surface area contributed by atoms with Crippen LogP contribution in [0.5, 0.6) is 0 Å². The molecule has 0 radical (unpaired) electrons. The molecular formula is C14H14N2S. The molecule has 0 aliphatic carbocycles. The molecule has 0 N–H and O–H groups in total. The van der Waals surface area contributed by atoms with Crippen molar-refractivity contribution in [1.82, 2.24) is 4.98 Å². The zero-order valence-electron chi connectivity index (χ0n) is 9.97. The molecule has 17 heavy (non-hydrogen) atoms. The third-order valence-electron chi connectivity index (χ3n) is 2.84. The maximum Gasteiger partial charge on any atom is 0.0991 e. The summed E-state index contributed by atoms with van der Waals surface area (Å²) in [6.45, 7) is 4.36. The first-order chi connectivity index (χ1) is 8.24. The molecule has 0 saturated carbocycles. The van der Waals surface area contributed by atoms with E-state index in [1.807, 2.05) is 24.3 Å². The number of nitrogens with zero attached hydrogens (tertiary/aromatic N) is 2. The maximum atomic E-state index is 8.87. The lowest BCUT2D eigenvalue weighted by Gasteiger charge is -2.02. The molecular weight excluding hydrogens is 228 g/mol. The van der Waals surface area contributed by atoms with Gasteiger partial charge in [0.15, 0.2) is 0 Å². The summed E-state index contributed by atoms with van der Waals surface area (Å²) >= 11 is 1.70. The molecule has 1 unspecified atom stereocenters. The number of thiazole rings is 1. The molecule has 0 bridgehead atoms. The lowest BCUT2D eigenvalue weighted by molar-refractivity contribution is 0.727. The van der Waals surface area contributed by atoms with E-state index in [0.717, 1.165) is 17.7 Å². The quantitative estimate of drug-likeness (QED) is 0.809. The van der Waals surface area contributed by atoms with Crippen molar-refractivity contribution >= 4 is 11.3 Å². The van der Waals surface area contributed by atoms with Gasteiger partial charge in [0.05, 0.1) is 22.3 Å². The monoisotopic (exact) mass is 242 g/mol. The van der Waals surface area contributed by atoms with Gasteiger partial charge in [0.25, 0.3) is 0 Å². The Morgan fingerprint density at radius 1 is 1.47 bits per heavy atom. The number of hydrogen-bond acceptors (Lipinski definition) is 3. The second kappa shape index (κ2) is 5.11. The second-order valence-electron chi connectivity index (χ2n) is 4.07. The van der Waals surface area contributed by atoms with Crippen molar-refractivity contribution < 1.29 is 0 Å². The maximum absolute atomic E-state index is 8.87. The summed E-state index contributed by atoms with van der Waals surface area (Å²) in [7, 11) is 0. The minimum absolute atomic E-state index is 0.507. The Morgan fingerprint density at radius 3 is 3.00 bits per heavy atom. The van der Waals surface area contributed by atoms with Crippen molar-refractivity contribution in [3.8, 4) is 17.3 Å². The number of rotatable bonds is 3. The molecule has 1 atom stereocenters. The van der Waals surface area contributed by atoms with Crippen LogP contribution in [0.1, 0.15) is 36.8 Å². The normalized spacial score (nSPS) is 12.1. The van der Waals surface area contributed by atoms with Crippen LogP contribution < -0.4 is 0 Å². The van der Waals surface area contributed by atoms with E-state index in [1.165, 1.54) is 5.01 Å². The highest BCUT2D eigenvalue weighted by molar-refractivity contribution is 7.10. The van der Waals surface area contributed by atoms with Gasteiger partial charge >= 0.3 is 0 Å². The third-order valence-corrected chi connectivity index (χ3v) is 3.92. The molecule has 0 aliphatic rings. The zero-order chi connectivity index (χ0) is 12.3. The molecule has 0 aliphatic heterocycles. The average molecular weight is 242 g/mol. The van der Waals surface area contributed by atoms with Crippen molar-refractivity contribution in [3.05, 3.63) is 40.2 Å². The first-order valence-electron chi connectivity index (χ1n) is 5.70. The number of benzene rings is 1. The fourth-order valence-electron chi connectivity index (χ4n) is 1.57. The first-order valence-corrected chi connectivity index (χ1v) is 6.58. The van der Waals surface area contributed by atoms with Crippen LogP contribution in [0.3, 0.4) is 0 Å². The average Bonchev–Trinajstić information content (AvgIpc) is 2.87. The van der Waals surface area contributed by atoms with Gasteiger partial charge in [-0.15, -0.1) is 11.3 Å². The van der Waals surface area contributed by atoms with Crippen LogP contribution >= 0.6 is 11.3 Å². The lowest BCUT2D eigenvalue weighted by atomic mass is 10.1. The van der Waals surface area contributed by atoms with Gasteiger partial charge in [0.2, 0.25) is 0 Å². The second-order valence-corrected chi connectivity index (χ2v) is 4.96. The van der Waals surface area contributed by atoms with Crippen molar-refractivity contribution in [2.75, 3.05) is 0 Å². The highest BCUT2D eigenvalue weighted by Crippen LogP contribution is 2.28. The van der Waals surface area contributed by atoms with Gasteiger partial charge in [-0.25, -0.2) is 4.98 Å². The summed E-state index contributed by atoms with van der Waals surface area (Å²) in [6, 6.07) is 9.74. The van der Waals surface area contributed by atoms with Crippen LogP contribution in [0.4, 0.5) is 0 Å². The van der Waals surface area contributed by atoms with E-state index < -0.39 is 0 Å². The number of aromatic nitrogens is 1. The third kappa shape index (κ3) is 2.54. The van der Waals surface area contributed by atoms with E-state index in [1.54, 1.807) is 11.3 Å². The van der Waals surface area contributed by atoms with E-state index >= 15 is 0 Å². The van der Waals surface area contributed by atoms with E-state index in [2.05, 4.69) is 30.3 Å². The molecule has 2 rings (SSSR count). The van der Waals surface area contributed by atoms with Gasteiger partial charge in [0.1, 0.15) is 0 Å². The van der Waals surface area contributed by atoms with Crippen LogP contribution in [-0.4, -0.2) is 4.98 Å². The lowest BCUT2D eigenvalue weighted by Crippen LogP contribution is -1.89. The highest BCUT2D eigenvalue weighted by atomic mass is 32.1. The van der Waals surface area contributed by atoms with Crippen LogP contribution in [-0.2, 0) is 0 Å². The summed E-state index contributed by atoms with van der Waals surface area (Å²) in [6.07, 6.45) is 1.10. The molecule has 0 spiro atoms. The topological polar surface area (TPSA) is 36.7 Å². The fraction of sp³-hybridized carbons (Fsp3) is 0.286. The molecule has 1 aromatic heterocycles. The number of hydrogen-bond donors (Lipinski definition) is 0. The van der Waals surface area contributed by atoms with Crippen molar-refractivity contribution in [2.45, 2.75) is 26.2 Å². The van der Waals surface area contributed by atoms with Gasteiger partial charge in [-0.2, -0.15) is 5.26 Å². The standard InChI is InChI=1S/C14H14N2S/c1-3-10(2)14-16-13(9-17-14)12-6-4-5-11(7-12)8-15/h4-7,9-10H,3H2,1-2H3. The summed E-state index contributed by atoms with van der Waals surface area (Å²) in [5, 5.41) is 12.1. The SMILES string of the molecule is CCC(C)c1nc(-c2cccc(C#N)c2)cs1. The summed E-state index contributed by atoms with van der Waals surface area (Å²) < 4.78 is 0. The molecule has 1 aromatic carbocycles. The molecule has 1 heterocycles. The van der Waals surface area contributed by atoms with Crippen LogP contribution in [0.25, 0.3) is 11.3 Å². The van der Waals surface area contributed by atoms with Crippen molar-refractivity contribution in [1.29, 1.82) is 5.26 Å². The smallest absolute Gasteiger partial charge is 0.0991 e. The van der Waals surface area contributed by atoms with E-state index in [4.69, 9.17) is 5.26 Å². The Kier molecular flexibility index (Phi) is 3.55. The Morgan fingerprint density at radius 2 is 2.29 bits per heavy atom. The van der Waals surface area contributed by atoms with Crippen LogP contribution in [0, 0.1) is 11.3 Å².